The van der Waals surface area contributed by atoms with Crippen LogP contribution in [0.3, 0.4) is 0 Å². The Hall–Kier alpha value is -1.10. The Balaban J connectivity index is 3.42. The standard InChI is InChI=1S/C12H14BrFO3/c1-7(4-5-15)10-11(14)8(13)6-9(16-2)12(10)17-3/h5-7H,4H2,1-3H3. The van der Waals surface area contributed by atoms with Crippen molar-refractivity contribution in [3.63, 3.8) is 0 Å². The van der Waals surface area contributed by atoms with E-state index < -0.39 is 5.82 Å². The zero-order valence-electron chi connectivity index (χ0n) is 9.92. The number of benzene rings is 1. The monoisotopic (exact) mass is 304 g/mol. The average Bonchev–Trinajstić information content (AvgIpc) is 2.31. The molecule has 0 bridgehead atoms. The summed E-state index contributed by atoms with van der Waals surface area (Å²) in [5.74, 6) is 0.0851. The SMILES string of the molecule is COc1cc(Br)c(F)c(C(C)CC=O)c1OC. The summed E-state index contributed by atoms with van der Waals surface area (Å²) >= 11 is 3.12. The molecule has 1 atom stereocenters. The maximum atomic E-state index is 14.0. The summed E-state index contributed by atoms with van der Waals surface area (Å²) < 4.78 is 24.6. The van der Waals surface area contributed by atoms with Crippen molar-refractivity contribution >= 4 is 22.2 Å². The van der Waals surface area contributed by atoms with Gasteiger partial charge in [0.2, 0.25) is 0 Å². The van der Waals surface area contributed by atoms with Gasteiger partial charge >= 0.3 is 0 Å². The Morgan fingerprint density at radius 3 is 2.59 bits per heavy atom. The van der Waals surface area contributed by atoms with Gasteiger partial charge < -0.3 is 14.3 Å². The molecule has 3 nitrogen and oxygen atoms in total. The molecule has 0 N–H and O–H groups in total. The van der Waals surface area contributed by atoms with Crippen molar-refractivity contribution in [1.29, 1.82) is 0 Å². The maximum absolute atomic E-state index is 14.0. The Bertz CT molecular complexity index is 421. The number of carbonyl (C=O) groups is 1. The molecule has 0 aliphatic rings. The van der Waals surface area contributed by atoms with E-state index in [9.17, 15) is 9.18 Å². The number of halogens is 2. The molecule has 94 valence electrons. The first kappa shape index (κ1) is 14.0. The second kappa shape index (κ2) is 6.00. The Labute approximate surface area is 108 Å². The maximum Gasteiger partial charge on any atom is 0.167 e. The average molecular weight is 305 g/mol. The van der Waals surface area contributed by atoms with Crippen LogP contribution in [0.25, 0.3) is 0 Å². The minimum atomic E-state index is -0.419. The van der Waals surface area contributed by atoms with Crippen LogP contribution in [0, 0.1) is 5.82 Å². The Morgan fingerprint density at radius 2 is 2.12 bits per heavy atom. The van der Waals surface area contributed by atoms with Crippen LogP contribution < -0.4 is 9.47 Å². The molecule has 0 saturated heterocycles. The van der Waals surface area contributed by atoms with Gasteiger partial charge in [-0.15, -0.1) is 0 Å². The second-order valence-electron chi connectivity index (χ2n) is 3.62. The molecule has 17 heavy (non-hydrogen) atoms. The van der Waals surface area contributed by atoms with Crippen LogP contribution in [-0.4, -0.2) is 20.5 Å². The van der Waals surface area contributed by atoms with Crippen molar-refractivity contribution < 1.29 is 18.7 Å². The van der Waals surface area contributed by atoms with Gasteiger partial charge in [0.05, 0.1) is 18.7 Å². The zero-order chi connectivity index (χ0) is 13.0. The predicted molar refractivity (Wildman–Crippen MR) is 66.3 cm³/mol. The smallest absolute Gasteiger partial charge is 0.167 e. The topological polar surface area (TPSA) is 35.5 Å². The minimum Gasteiger partial charge on any atom is -0.493 e. The van der Waals surface area contributed by atoms with E-state index in [2.05, 4.69) is 15.9 Å². The van der Waals surface area contributed by atoms with Gasteiger partial charge in [-0.05, 0) is 21.8 Å². The molecule has 0 aliphatic heterocycles. The molecule has 0 aliphatic carbocycles. The normalized spacial score (nSPS) is 12.1. The highest BCUT2D eigenvalue weighted by Crippen LogP contribution is 2.41. The summed E-state index contributed by atoms with van der Waals surface area (Å²) in [7, 11) is 2.93. The Morgan fingerprint density at radius 1 is 1.47 bits per heavy atom. The van der Waals surface area contributed by atoms with E-state index in [1.54, 1.807) is 6.92 Å². The number of hydrogen-bond acceptors (Lipinski definition) is 3. The molecule has 0 heterocycles. The first-order chi connectivity index (χ1) is 8.06. The largest absolute Gasteiger partial charge is 0.493 e. The fourth-order valence-corrected chi connectivity index (χ4v) is 2.09. The van der Waals surface area contributed by atoms with E-state index in [0.29, 0.717) is 21.5 Å². The van der Waals surface area contributed by atoms with Crippen LogP contribution in [0.5, 0.6) is 11.5 Å². The van der Waals surface area contributed by atoms with Gasteiger partial charge in [0.15, 0.2) is 11.5 Å². The van der Waals surface area contributed by atoms with Crippen molar-refractivity contribution in [2.45, 2.75) is 19.3 Å². The van der Waals surface area contributed by atoms with E-state index in [-0.39, 0.29) is 12.3 Å². The van der Waals surface area contributed by atoms with Crippen LogP contribution in [0.1, 0.15) is 24.8 Å². The fraction of sp³-hybridized carbons (Fsp3) is 0.417. The fourth-order valence-electron chi connectivity index (χ4n) is 1.67. The second-order valence-corrected chi connectivity index (χ2v) is 4.48. The molecule has 0 amide bonds. The van der Waals surface area contributed by atoms with E-state index in [0.717, 1.165) is 6.29 Å². The number of ether oxygens (including phenoxy) is 2. The molecular formula is C12H14BrFO3. The third kappa shape index (κ3) is 2.77. The lowest BCUT2D eigenvalue weighted by Gasteiger charge is -2.18. The van der Waals surface area contributed by atoms with Gasteiger partial charge in [0.25, 0.3) is 0 Å². The minimum absolute atomic E-state index is 0.229. The van der Waals surface area contributed by atoms with Crippen molar-refractivity contribution in [1.82, 2.24) is 0 Å². The number of methoxy groups -OCH3 is 2. The van der Waals surface area contributed by atoms with Crippen molar-refractivity contribution in [3.8, 4) is 11.5 Å². The summed E-state index contributed by atoms with van der Waals surface area (Å²) in [5, 5.41) is 0. The van der Waals surface area contributed by atoms with E-state index in [4.69, 9.17) is 9.47 Å². The van der Waals surface area contributed by atoms with Gasteiger partial charge in [0, 0.05) is 18.1 Å². The summed E-state index contributed by atoms with van der Waals surface area (Å²) in [6.07, 6.45) is 0.990. The lowest BCUT2D eigenvalue weighted by molar-refractivity contribution is -0.108. The molecule has 1 aromatic carbocycles. The van der Waals surface area contributed by atoms with Gasteiger partial charge in [0.1, 0.15) is 12.1 Å². The van der Waals surface area contributed by atoms with Gasteiger partial charge in [-0.25, -0.2) is 4.39 Å². The number of aldehydes is 1. The highest BCUT2D eigenvalue weighted by Gasteiger charge is 2.23. The number of hydrogen-bond donors (Lipinski definition) is 0. The molecule has 5 heteroatoms. The molecule has 0 aromatic heterocycles. The molecule has 1 rings (SSSR count). The third-order valence-corrected chi connectivity index (χ3v) is 3.12. The highest BCUT2D eigenvalue weighted by atomic mass is 79.9. The third-order valence-electron chi connectivity index (χ3n) is 2.54. The van der Waals surface area contributed by atoms with E-state index >= 15 is 0 Å². The lowest BCUT2D eigenvalue weighted by atomic mass is 9.96. The first-order valence-electron chi connectivity index (χ1n) is 5.10. The van der Waals surface area contributed by atoms with E-state index in [1.165, 1.54) is 20.3 Å². The highest BCUT2D eigenvalue weighted by molar-refractivity contribution is 9.10. The molecule has 0 spiro atoms. The van der Waals surface area contributed by atoms with Crippen molar-refractivity contribution in [2.24, 2.45) is 0 Å². The quantitative estimate of drug-likeness (QED) is 0.783. The van der Waals surface area contributed by atoms with Crippen LogP contribution >= 0.6 is 15.9 Å². The summed E-state index contributed by atoms with van der Waals surface area (Å²) in [6.45, 7) is 1.77. The lowest BCUT2D eigenvalue weighted by Crippen LogP contribution is -2.04. The van der Waals surface area contributed by atoms with Crippen LogP contribution in [0.4, 0.5) is 4.39 Å². The van der Waals surface area contributed by atoms with Crippen LogP contribution in [-0.2, 0) is 4.79 Å². The van der Waals surface area contributed by atoms with Gasteiger partial charge in [-0.2, -0.15) is 0 Å². The Kier molecular flexibility index (Phi) is 4.93. The molecular weight excluding hydrogens is 291 g/mol. The molecule has 1 aromatic rings. The number of rotatable bonds is 5. The molecule has 0 fully saturated rings. The summed E-state index contributed by atoms with van der Waals surface area (Å²) in [5.41, 5.74) is 0.353. The number of carbonyl (C=O) groups excluding carboxylic acids is 1. The summed E-state index contributed by atoms with van der Waals surface area (Å²) in [6, 6.07) is 1.51. The zero-order valence-corrected chi connectivity index (χ0v) is 11.5. The summed E-state index contributed by atoms with van der Waals surface area (Å²) in [4.78, 5) is 10.5. The van der Waals surface area contributed by atoms with Gasteiger partial charge in [-0.3, -0.25) is 0 Å². The van der Waals surface area contributed by atoms with Crippen molar-refractivity contribution in [2.75, 3.05) is 14.2 Å². The van der Waals surface area contributed by atoms with Gasteiger partial charge in [-0.1, -0.05) is 6.92 Å². The first-order valence-corrected chi connectivity index (χ1v) is 5.89. The van der Waals surface area contributed by atoms with Crippen molar-refractivity contribution in [3.05, 3.63) is 21.9 Å². The van der Waals surface area contributed by atoms with Crippen LogP contribution in [0.15, 0.2) is 10.5 Å². The molecule has 1 unspecified atom stereocenters. The van der Waals surface area contributed by atoms with E-state index in [1.807, 2.05) is 0 Å². The molecule has 0 radical (unpaired) electrons. The van der Waals surface area contributed by atoms with Crippen LogP contribution in [0.2, 0.25) is 0 Å². The predicted octanol–water partition coefficient (Wildman–Crippen LogP) is 3.30. The molecule has 0 saturated carbocycles.